The summed E-state index contributed by atoms with van der Waals surface area (Å²) in [5.74, 6) is 0.899. The Morgan fingerprint density at radius 1 is 1.00 bits per heavy atom. The van der Waals surface area contributed by atoms with Crippen LogP contribution in [0.2, 0.25) is 0 Å². The monoisotopic (exact) mass is 349 g/mol. The van der Waals surface area contributed by atoms with Gasteiger partial charge in [0.2, 0.25) is 10.0 Å². The summed E-state index contributed by atoms with van der Waals surface area (Å²) < 4.78 is 29.0. The standard InChI is InChI=1S/C16H23N5O2S/c1-14-3-5-16(6-4-14)24(22,23)21-11-8-19(9-12-21)7-10-20-13-17-18-15(20)2/h3-6,13H,7-12H2,1-2H3. The molecule has 2 aromatic rings. The lowest BCUT2D eigenvalue weighted by Crippen LogP contribution is -2.49. The van der Waals surface area contributed by atoms with E-state index in [1.807, 2.05) is 30.5 Å². The van der Waals surface area contributed by atoms with E-state index in [1.54, 1.807) is 22.8 Å². The van der Waals surface area contributed by atoms with Gasteiger partial charge in [-0.1, -0.05) is 17.7 Å². The van der Waals surface area contributed by atoms with Gasteiger partial charge in [0, 0.05) is 39.3 Å². The molecular formula is C16H23N5O2S. The number of aromatic nitrogens is 3. The van der Waals surface area contributed by atoms with E-state index in [4.69, 9.17) is 0 Å². The predicted octanol–water partition coefficient (Wildman–Crippen LogP) is 0.901. The maximum atomic E-state index is 12.7. The summed E-state index contributed by atoms with van der Waals surface area (Å²) in [5, 5.41) is 7.85. The molecule has 24 heavy (non-hydrogen) atoms. The molecule has 1 aliphatic heterocycles. The van der Waals surface area contributed by atoms with Crippen molar-refractivity contribution in [1.82, 2.24) is 24.0 Å². The van der Waals surface area contributed by atoms with Gasteiger partial charge in [0.25, 0.3) is 0 Å². The topological polar surface area (TPSA) is 71.3 Å². The lowest BCUT2D eigenvalue weighted by Gasteiger charge is -2.34. The molecule has 0 bridgehead atoms. The third-order valence-corrected chi connectivity index (χ3v) is 6.37. The Kier molecular flexibility index (Phi) is 4.98. The minimum absolute atomic E-state index is 0.377. The lowest BCUT2D eigenvalue weighted by atomic mass is 10.2. The Labute approximate surface area is 143 Å². The van der Waals surface area contributed by atoms with Crippen molar-refractivity contribution in [3.05, 3.63) is 42.0 Å². The number of sulfonamides is 1. The maximum Gasteiger partial charge on any atom is 0.243 e. The SMILES string of the molecule is Cc1ccc(S(=O)(=O)N2CCN(CCn3cnnc3C)CC2)cc1. The zero-order valence-corrected chi connectivity index (χ0v) is 14.9. The fraction of sp³-hybridized carbons (Fsp3) is 0.500. The van der Waals surface area contributed by atoms with Crippen LogP contribution in [0.4, 0.5) is 0 Å². The number of hydrogen-bond donors (Lipinski definition) is 0. The first-order chi connectivity index (χ1) is 11.5. The van der Waals surface area contributed by atoms with Crippen LogP contribution in [-0.4, -0.2) is 65.1 Å². The highest BCUT2D eigenvalue weighted by Crippen LogP contribution is 2.18. The highest BCUT2D eigenvalue weighted by molar-refractivity contribution is 7.89. The Bertz CT molecular complexity index is 777. The van der Waals surface area contributed by atoms with Crippen LogP contribution in [0.3, 0.4) is 0 Å². The molecule has 1 aromatic heterocycles. The molecule has 0 saturated carbocycles. The molecule has 2 heterocycles. The molecule has 1 fully saturated rings. The van der Waals surface area contributed by atoms with Gasteiger partial charge >= 0.3 is 0 Å². The first-order valence-corrected chi connectivity index (χ1v) is 9.54. The number of piperazine rings is 1. The van der Waals surface area contributed by atoms with Gasteiger partial charge in [-0.05, 0) is 26.0 Å². The van der Waals surface area contributed by atoms with E-state index in [9.17, 15) is 8.42 Å². The summed E-state index contributed by atoms with van der Waals surface area (Å²) in [6.45, 7) is 8.11. The summed E-state index contributed by atoms with van der Waals surface area (Å²) in [4.78, 5) is 2.65. The van der Waals surface area contributed by atoms with Crippen molar-refractivity contribution in [2.24, 2.45) is 0 Å². The molecule has 0 unspecified atom stereocenters. The number of benzene rings is 1. The molecular weight excluding hydrogens is 326 g/mol. The molecule has 7 nitrogen and oxygen atoms in total. The summed E-state index contributed by atoms with van der Waals surface area (Å²) in [7, 11) is -3.39. The second-order valence-corrected chi connectivity index (χ2v) is 8.07. The minimum Gasteiger partial charge on any atom is -0.317 e. The van der Waals surface area contributed by atoms with Gasteiger partial charge < -0.3 is 4.57 Å². The van der Waals surface area contributed by atoms with E-state index < -0.39 is 10.0 Å². The van der Waals surface area contributed by atoms with Gasteiger partial charge in [-0.3, -0.25) is 4.90 Å². The van der Waals surface area contributed by atoms with Crippen LogP contribution < -0.4 is 0 Å². The summed E-state index contributed by atoms with van der Waals surface area (Å²) in [6, 6.07) is 7.05. The molecule has 0 spiro atoms. The highest BCUT2D eigenvalue weighted by Gasteiger charge is 2.28. The molecule has 3 rings (SSSR count). The van der Waals surface area contributed by atoms with Crippen LogP contribution in [0.5, 0.6) is 0 Å². The third kappa shape index (κ3) is 3.66. The number of hydrogen-bond acceptors (Lipinski definition) is 5. The van der Waals surface area contributed by atoms with Gasteiger partial charge in [-0.15, -0.1) is 10.2 Å². The number of rotatable bonds is 5. The fourth-order valence-electron chi connectivity index (χ4n) is 2.83. The third-order valence-electron chi connectivity index (χ3n) is 4.46. The van der Waals surface area contributed by atoms with Crippen molar-refractivity contribution in [2.45, 2.75) is 25.3 Å². The van der Waals surface area contributed by atoms with Crippen LogP contribution in [0, 0.1) is 13.8 Å². The molecule has 130 valence electrons. The highest BCUT2D eigenvalue weighted by atomic mass is 32.2. The molecule has 0 atom stereocenters. The normalized spacial score (nSPS) is 17.2. The Balaban J connectivity index is 1.56. The molecule has 0 aliphatic carbocycles. The molecule has 1 aliphatic rings. The van der Waals surface area contributed by atoms with E-state index in [0.29, 0.717) is 18.0 Å². The molecule has 1 saturated heterocycles. The van der Waals surface area contributed by atoms with E-state index in [2.05, 4.69) is 15.1 Å². The van der Waals surface area contributed by atoms with Crippen LogP contribution in [0.25, 0.3) is 0 Å². The largest absolute Gasteiger partial charge is 0.317 e. The van der Waals surface area contributed by atoms with Crippen molar-refractivity contribution in [3.63, 3.8) is 0 Å². The van der Waals surface area contributed by atoms with Crippen molar-refractivity contribution in [1.29, 1.82) is 0 Å². The summed E-state index contributed by atoms with van der Waals surface area (Å²) in [5.41, 5.74) is 1.06. The lowest BCUT2D eigenvalue weighted by molar-refractivity contribution is 0.182. The zero-order chi connectivity index (χ0) is 17.2. The average molecular weight is 349 g/mol. The van der Waals surface area contributed by atoms with Crippen molar-refractivity contribution >= 4 is 10.0 Å². The number of nitrogens with zero attached hydrogens (tertiary/aromatic N) is 5. The van der Waals surface area contributed by atoms with Crippen LogP contribution in [-0.2, 0) is 16.6 Å². The molecule has 0 radical (unpaired) electrons. The van der Waals surface area contributed by atoms with Crippen LogP contribution in [0.15, 0.2) is 35.5 Å². The maximum absolute atomic E-state index is 12.7. The second kappa shape index (κ2) is 7.00. The Morgan fingerprint density at radius 2 is 1.67 bits per heavy atom. The Morgan fingerprint density at radius 3 is 2.25 bits per heavy atom. The Hall–Kier alpha value is -1.77. The molecule has 1 aromatic carbocycles. The van der Waals surface area contributed by atoms with E-state index in [1.165, 1.54) is 0 Å². The summed E-state index contributed by atoms with van der Waals surface area (Å²) >= 11 is 0. The van der Waals surface area contributed by atoms with E-state index >= 15 is 0 Å². The fourth-order valence-corrected chi connectivity index (χ4v) is 4.26. The first kappa shape index (κ1) is 17.1. The predicted molar refractivity (Wildman–Crippen MR) is 91.1 cm³/mol. The van der Waals surface area contributed by atoms with Crippen LogP contribution in [0.1, 0.15) is 11.4 Å². The molecule has 0 amide bonds. The van der Waals surface area contributed by atoms with Crippen molar-refractivity contribution in [2.75, 3.05) is 32.7 Å². The van der Waals surface area contributed by atoms with Crippen molar-refractivity contribution < 1.29 is 8.42 Å². The van der Waals surface area contributed by atoms with Gasteiger partial charge in [0.15, 0.2) is 0 Å². The smallest absolute Gasteiger partial charge is 0.243 e. The second-order valence-electron chi connectivity index (χ2n) is 6.13. The van der Waals surface area contributed by atoms with Crippen LogP contribution >= 0.6 is 0 Å². The average Bonchev–Trinajstić information content (AvgIpc) is 2.99. The minimum atomic E-state index is -3.39. The molecule has 0 N–H and O–H groups in total. The van der Waals surface area contributed by atoms with Gasteiger partial charge in [0.1, 0.15) is 12.2 Å². The number of aryl methyl sites for hydroxylation is 2. The van der Waals surface area contributed by atoms with E-state index in [0.717, 1.165) is 37.6 Å². The first-order valence-electron chi connectivity index (χ1n) is 8.10. The van der Waals surface area contributed by atoms with Gasteiger partial charge in [-0.25, -0.2) is 8.42 Å². The van der Waals surface area contributed by atoms with Crippen molar-refractivity contribution in [3.8, 4) is 0 Å². The zero-order valence-electron chi connectivity index (χ0n) is 14.1. The quantitative estimate of drug-likeness (QED) is 0.802. The van der Waals surface area contributed by atoms with Gasteiger partial charge in [0.05, 0.1) is 4.90 Å². The van der Waals surface area contributed by atoms with E-state index in [-0.39, 0.29) is 0 Å². The van der Waals surface area contributed by atoms with Gasteiger partial charge in [-0.2, -0.15) is 4.31 Å². The summed E-state index contributed by atoms with van der Waals surface area (Å²) in [6.07, 6.45) is 1.73. The molecule has 8 heteroatoms.